The number of hydrogen-bond acceptors (Lipinski definition) is 6. The number of ether oxygens (including phenoxy) is 1. The molecule has 1 aliphatic carbocycles. The molecule has 166 valence electrons. The van der Waals surface area contributed by atoms with Gasteiger partial charge in [0, 0.05) is 36.1 Å². The summed E-state index contributed by atoms with van der Waals surface area (Å²) in [5.74, 6) is 1.34. The van der Waals surface area contributed by atoms with E-state index in [9.17, 15) is 4.79 Å². The molecule has 3 aromatic rings. The van der Waals surface area contributed by atoms with E-state index in [1.54, 1.807) is 17.5 Å². The minimum Gasteiger partial charge on any atom is -0.379 e. The van der Waals surface area contributed by atoms with Crippen LogP contribution in [0.15, 0.2) is 42.6 Å². The van der Waals surface area contributed by atoms with Crippen molar-refractivity contribution in [2.75, 3.05) is 25.1 Å². The molecular weight excluding hydrogens is 422 g/mol. The Kier molecular flexibility index (Phi) is 5.91. The quantitative estimate of drug-likeness (QED) is 0.579. The second kappa shape index (κ2) is 8.97. The van der Waals surface area contributed by atoms with E-state index in [1.165, 1.54) is 5.56 Å². The fraction of sp³-hybridized carbons (Fsp3) is 0.375. The van der Waals surface area contributed by atoms with Crippen LogP contribution < -0.4 is 11.1 Å². The van der Waals surface area contributed by atoms with E-state index >= 15 is 0 Å². The van der Waals surface area contributed by atoms with Gasteiger partial charge in [0.05, 0.1) is 29.5 Å². The summed E-state index contributed by atoms with van der Waals surface area (Å²) in [7, 11) is 0. The first-order chi connectivity index (χ1) is 15.6. The van der Waals surface area contributed by atoms with Crippen LogP contribution in [0.5, 0.6) is 0 Å². The van der Waals surface area contributed by atoms with Crippen LogP contribution in [0.2, 0.25) is 0 Å². The fourth-order valence-corrected chi connectivity index (χ4v) is 5.08. The molecule has 7 nitrogen and oxygen atoms in total. The van der Waals surface area contributed by atoms with Crippen molar-refractivity contribution >= 4 is 23.1 Å². The number of nitrogens with one attached hydrogen (secondary N) is 1. The maximum Gasteiger partial charge on any atom is 0.316 e. The Morgan fingerprint density at radius 1 is 1.28 bits per heavy atom. The standard InChI is InChI=1S/C24H27N5O2S/c1-15-14-31-11-10-29(15)13-16-2-4-17(5-3-16)21-12-20(28-24(25)30)22(32-21)19-8-9-26-23(27-19)18-6-7-18/h2-5,8-9,12,15,18H,6-7,10-11,13-14H2,1H3,(H3,25,28,30)/t15-/m0/s1. The lowest BCUT2D eigenvalue weighted by atomic mass is 10.1. The van der Waals surface area contributed by atoms with Gasteiger partial charge in [-0.15, -0.1) is 11.3 Å². The molecule has 0 radical (unpaired) electrons. The van der Waals surface area contributed by atoms with Crippen LogP contribution in [0.3, 0.4) is 0 Å². The van der Waals surface area contributed by atoms with Crippen molar-refractivity contribution in [2.24, 2.45) is 5.73 Å². The lowest BCUT2D eigenvalue weighted by molar-refractivity contribution is -0.00436. The Balaban J connectivity index is 1.41. The molecule has 2 aromatic heterocycles. The van der Waals surface area contributed by atoms with Crippen LogP contribution in [0.1, 0.15) is 37.1 Å². The Hall–Kier alpha value is -2.81. The number of thiophene rings is 1. The zero-order valence-electron chi connectivity index (χ0n) is 18.1. The van der Waals surface area contributed by atoms with Gasteiger partial charge in [0.15, 0.2) is 0 Å². The molecule has 1 atom stereocenters. The normalized spacial score (nSPS) is 19.1. The molecule has 3 N–H and O–H groups in total. The molecule has 0 spiro atoms. The molecule has 0 bridgehead atoms. The van der Waals surface area contributed by atoms with Gasteiger partial charge in [-0.25, -0.2) is 14.8 Å². The van der Waals surface area contributed by atoms with Crippen LogP contribution in [0.4, 0.5) is 10.5 Å². The summed E-state index contributed by atoms with van der Waals surface area (Å²) in [4.78, 5) is 25.2. The number of urea groups is 1. The predicted molar refractivity (Wildman–Crippen MR) is 127 cm³/mol. The number of carbonyl (C=O) groups excluding carboxylic acids is 1. The Labute approximate surface area is 191 Å². The number of primary amides is 1. The molecular formula is C24H27N5O2S. The highest BCUT2D eigenvalue weighted by molar-refractivity contribution is 7.19. The monoisotopic (exact) mass is 449 g/mol. The largest absolute Gasteiger partial charge is 0.379 e. The van der Waals surface area contributed by atoms with E-state index in [1.807, 2.05) is 12.1 Å². The van der Waals surface area contributed by atoms with Crippen molar-refractivity contribution in [3.63, 3.8) is 0 Å². The smallest absolute Gasteiger partial charge is 0.316 e. The predicted octanol–water partition coefficient (Wildman–Crippen LogP) is 4.46. The van der Waals surface area contributed by atoms with Crippen molar-refractivity contribution in [3.8, 4) is 21.0 Å². The molecule has 2 fully saturated rings. The average Bonchev–Trinajstić information content (AvgIpc) is 3.56. The maximum absolute atomic E-state index is 11.6. The van der Waals surface area contributed by atoms with Gasteiger partial charge in [0.25, 0.3) is 0 Å². The number of anilines is 1. The molecule has 1 aromatic carbocycles. The summed E-state index contributed by atoms with van der Waals surface area (Å²) in [6, 6.07) is 12.3. The molecule has 1 saturated carbocycles. The third-order valence-corrected chi connectivity index (χ3v) is 7.18. The van der Waals surface area contributed by atoms with Crippen LogP contribution in [-0.4, -0.2) is 46.7 Å². The zero-order chi connectivity index (χ0) is 22.1. The molecule has 1 saturated heterocycles. The summed E-state index contributed by atoms with van der Waals surface area (Å²) in [6.07, 6.45) is 4.08. The first kappa shape index (κ1) is 21.1. The third-order valence-electron chi connectivity index (χ3n) is 5.97. The molecule has 0 unspecified atom stereocenters. The van der Waals surface area contributed by atoms with Gasteiger partial charge in [0.1, 0.15) is 5.82 Å². The molecule has 2 amide bonds. The van der Waals surface area contributed by atoms with Crippen molar-refractivity contribution in [2.45, 2.75) is 38.3 Å². The van der Waals surface area contributed by atoms with Gasteiger partial charge in [-0.3, -0.25) is 4.90 Å². The van der Waals surface area contributed by atoms with Crippen molar-refractivity contribution in [1.29, 1.82) is 0 Å². The Bertz CT molecular complexity index is 1110. The highest BCUT2D eigenvalue weighted by Crippen LogP contribution is 2.43. The summed E-state index contributed by atoms with van der Waals surface area (Å²) in [5, 5.41) is 2.77. The number of morpholine rings is 1. The maximum atomic E-state index is 11.6. The number of rotatable bonds is 6. The van der Waals surface area contributed by atoms with Gasteiger partial charge < -0.3 is 15.8 Å². The Morgan fingerprint density at radius 2 is 2.09 bits per heavy atom. The van der Waals surface area contributed by atoms with Crippen molar-refractivity contribution < 1.29 is 9.53 Å². The van der Waals surface area contributed by atoms with Gasteiger partial charge in [-0.2, -0.15) is 0 Å². The van der Waals surface area contributed by atoms with Crippen molar-refractivity contribution in [1.82, 2.24) is 14.9 Å². The summed E-state index contributed by atoms with van der Waals surface area (Å²) in [5.41, 5.74) is 9.32. The van der Waals surface area contributed by atoms with E-state index in [2.05, 4.69) is 46.4 Å². The molecule has 2 aliphatic rings. The van der Waals surface area contributed by atoms with Crippen molar-refractivity contribution in [3.05, 3.63) is 54.0 Å². The lowest BCUT2D eigenvalue weighted by Gasteiger charge is -2.33. The molecule has 8 heteroatoms. The fourth-order valence-electron chi connectivity index (χ4n) is 3.99. The van der Waals surface area contributed by atoms with Gasteiger partial charge >= 0.3 is 6.03 Å². The van der Waals surface area contributed by atoms with Gasteiger partial charge in [-0.1, -0.05) is 24.3 Å². The summed E-state index contributed by atoms with van der Waals surface area (Å²) >= 11 is 1.60. The number of benzene rings is 1. The molecule has 3 heterocycles. The Morgan fingerprint density at radius 3 is 2.81 bits per heavy atom. The number of nitrogens with two attached hydrogens (primary N) is 1. The second-order valence-corrected chi connectivity index (χ2v) is 9.56. The highest BCUT2D eigenvalue weighted by Gasteiger charge is 2.27. The lowest BCUT2D eigenvalue weighted by Crippen LogP contribution is -2.42. The van der Waals surface area contributed by atoms with E-state index in [4.69, 9.17) is 15.5 Å². The number of carbonyl (C=O) groups is 1. The minimum atomic E-state index is -0.581. The van der Waals surface area contributed by atoms with Crippen LogP contribution in [0, 0.1) is 0 Å². The van der Waals surface area contributed by atoms with Gasteiger partial charge in [0.2, 0.25) is 0 Å². The number of amides is 2. The average molecular weight is 450 g/mol. The van der Waals surface area contributed by atoms with E-state index in [0.717, 1.165) is 66.0 Å². The van der Waals surface area contributed by atoms with E-state index in [0.29, 0.717) is 17.6 Å². The topological polar surface area (TPSA) is 93.4 Å². The third kappa shape index (κ3) is 4.67. The number of hydrogen-bond donors (Lipinski definition) is 2. The van der Waals surface area contributed by atoms with E-state index < -0.39 is 6.03 Å². The van der Waals surface area contributed by atoms with E-state index in [-0.39, 0.29) is 0 Å². The second-order valence-electron chi connectivity index (χ2n) is 8.51. The highest BCUT2D eigenvalue weighted by atomic mass is 32.1. The SMILES string of the molecule is C[C@H]1COCCN1Cc1ccc(-c2cc(NC(N)=O)c(-c3ccnc(C4CC4)n3)s2)cc1. The van der Waals surface area contributed by atoms with Gasteiger partial charge in [-0.05, 0) is 43.0 Å². The molecule has 1 aliphatic heterocycles. The zero-order valence-corrected chi connectivity index (χ0v) is 18.9. The minimum absolute atomic E-state index is 0.430. The molecule has 32 heavy (non-hydrogen) atoms. The van der Waals surface area contributed by atoms with Crippen LogP contribution in [-0.2, 0) is 11.3 Å². The summed E-state index contributed by atoms with van der Waals surface area (Å²) in [6.45, 7) is 5.66. The molecule has 5 rings (SSSR count). The first-order valence-electron chi connectivity index (χ1n) is 11.0. The number of aromatic nitrogens is 2. The summed E-state index contributed by atoms with van der Waals surface area (Å²) < 4.78 is 5.54. The van der Waals surface area contributed by atoms with Crippen LogP contribution >= 0.6 is 11.3 Å². The van der Waals surface area contributed by atoms with Crippen LogP contribution in [0.25, 0.3) is 21.0 Å². The first-order valence-corrected chi connectivity index (χ1v) is 11.8. The number of nitrogens with zero attached hydrogens (tertiary/aromatic N) is 3.